The molecule has 0 aliphatic carbocycles. The molecule has 0 heteroatoms. The van der Waals surface area contributed by atoms with Gasteiger partial charge in [0.05, 0.1) is 0 Å². The van der Waals surface area contributed by atoms with E-state index in [2.05, 4.69) is 280 Å². The minimum Gasteiger partial charge on any atom is -0.106 e. The van der Waals surface area contributed by atoms with Crippen LogP contribution < -0.4 is 0 Å². The lowest BCUT2D eigenvalue weighted by Gasteiger charge is -2.38. The number of hydrogen-bond donors (Lipinski definition) is 0. The number of rotatable bonds is 3. The third-order valence-electron chi connectivity index (χ3n) is 10.5. The summed E-state index contributed by atoms with van der Waals surface area (Å²) in [5, 5.41) is 0. The van der Waals surface area contributed by atoms with Crippen LogP contribution in [0.5, 0.6) is 0 Å². The standard InChI is InChI=1S/C61H64/c1-20-21-22-23-24-25-26-27-28-29-30-31-32-33-34-35-36-61(52-40-46(55(2,3)4)37-47(41-52)56(5,6)7,53-42-48(57(8,9)10)38-49(43-53)58(11,12)13)54-44-50(59(14,15)16)39-51(45-54)60(17,18)19/h1,37-45H,2-19H3. The van der Waals surface area contributed by atoms with Crippen molar-refractivity contribution in [3.63, 3.8) is 0 Å². The van der Waals surface area contributed by atoms with Crippen molar-refractivity contribution in [2.45, 2.75) is 163 Å². The average Bonchev–Trinajstić information content (AvgIpc) is 3.13. The van der Waals surface area contributed by atoms with E-state index in [-0.39, 0.29) is 32.5 Å². The summed E-state index contributed by atoms with van der Waals surface area (Å²) < 4.78 is 0. The fourth-order valence-electron chi connectivity index (χ4n) is 6.41. The second kappa shape index (κ2) is 19.0. The van der Waals surface area contributed by atoms with E-state index >= 15 is 0 Å². The molecule has 0 aliphatic rings. The lowest BCUT2D eigenvalue weighted by molar-refractivity contribution is 0.558. The molecular formula is C61H64. The normalized spacial score (nSPS) is 11.4. The van der Waals surface area contributed by atoms with E-state index < -0.39 is 5.41 Å². The van der Waals surface area contributed by atoms with Crippen LogP contribution in [0, 0.1) is 107 Å². The van der Waals surface area contributed by atoms with Crippen LogP contribution in [-0.4, -0.2) is 0 Å². The first-order chi connectivity index (χ1) is 28.0. The maximum atomic E-state index is 5.07. The highest BCUT2D eigenvalue weighted by molar-refractivity contribution is 5.64. The zero-order valence-corrected chi connectivity index (χ0v) is 40.3. The Labute approximate surface area is 372 Å². The largest absolute Gasteiger partial charge is 0.107 e. The Kier molecular flexibility index (Phi) is 15.2. The smallest absolute Gasteiger partial charge is 0.106 e. The highest BCUT2D eigenvalue weighted by Crippen LogP contribution is 2.47. The van der Waals surface area contributed by atoms with E-state index in [1.165, 1.54) is 33.4 Å². The topological polar surface area (TPSA) is 0 Å². The van der Waals surface area contributed by atoms with Gasteiger partial charge in [-0.2, -0.15) is 0 Å². The third kappa shape index (κ3) is 13.6. The summed E-state index contributed by atoms with van der Waals surface area (Å²) in [5.74, 6) is 47.0. The van der Waals surface area contributed by atoms with E-state index in [0.717, 1.165) is 16.7 Å². The molecule has 0 atom stereocenters. The monoisotopic (exact) mass is 797 g/mol. The Hall–Kier alpha value is -6.30. The summed E-state index contributed by atoms with van der Waals surface area (Å²) in [5.41, 5.74) is 9.29. The van der Waals surface area contributed by atoms with Crippen LogP contribution >= 0.6 is 0 Å². The van der Waals surface area contributed by atoms with E-state index in [9.17, 15) is 0 Å². The molecule has 0 fully saturated rings. The second-order valence-electron chi connectivity index (χ2n) is 21.8. The molecule has 308 valence electrons. The molecule has 0 nitrogen and oxygen atoms in total. The van der Waals surface area contributed by atoms with Gasteiger partial charge in [-0.3, -0.25) is 0 Å². The summed E-state index contributed by atoms with van der Waals surface area (Å²) in [6.45, 7) is 41.3. The van der Waals surface area contributed by atoms with Crippen molar-refractivity contribution < 1.29 is 0 Å². The molecule has 0 amide bonds. The molecule has 0 aliphatic heterocycles. The van der Waals surface area contributed by atoms with Gasteiger partial charge in [0.15, 0.2) is 0 Å². The minimum absolute atomic E-state index is 0.123. The number of terminal acetylenes is 1. The Bertz CT molecular complexity index is 2440. The number of hydrogen-bond acceptors (Lipinski definition) is 0. The van der Waals surface area contributed by atoms with E-state index in [0.29, 0.717) is 0 Å². The molecule has 0 spiro atoms. The van der Waals surface area contributed by atoms with Gasteiger partial charge in [0, 0.05) is 0 Å². The van der Waals surface area contributed by atoms with Crippen molar-refractivity contribution in [2.24, 2.45) is 0 Å². The van der Waals surface area contributed by atoms with E-state index in [4.69, 9.17) is 6.42 Å². The van der Waals surface area contributed by atoms with Crippen LogP contribution in [0.3, 0.4) is 0 Å². The third-order valence-corrected chi connectivity index (χ3v) is 10.5. The summed E-state index contributed by atoms with van der Waals surface area (Å²) in [6.07, 6.45) is 5.07. The van der Waals surface area contributed by atoms with Crippen molar-refractivity contribution >= 4 is 0 Å². The van der Waals surface area contributed by atoms with Gasteiger partial charge >= 0.3 is 0 Å². The van der Waals surface area contributed by atoms with Crippen LogP contribution in [0.1, 0.15) is 175 Å². The molecule has 0 bridgehead atoms. The summed E-state index contributed by atoms with van der Waals surface area (Å²) in [6, 6.07) is 21.6. The SMILES string of the molecule is C#CC#CC#CC#CC#CC#CC#CC#CC#CC(c1cc(C(C)(C)C)cc(C(C)(C)C)c1)(c1cc(C(C)(C)C)cc(C(C)(C)C)c1)c1cc(C(C)(C)C)cc(C(C)(C)C)c1. The molecule has 0 saturated carbocycles. The Morgan fingerprint density at radius 3 is 0.590 bits per heavy atom. The highest BCUT2D eigenvalue weighted by Gasteiger charge is 2.40. The molecular weight excluding hydrogens is 733 g/mol. The molecule has 3 aromatic carbocycles. The highest BCUT2D eigenvalue weighted by atomic mass is 14.4. The average molecular weight is 797 g/mol. The molecule has 0 heterocycles. The molecule has 61 heavy (non-hydrogen) atoms. The molecule has 0 unspecified atom stereocenters. The van der Waals surface area contributed by atoms with Gasteiger partial charge in [-0.1, -0.05) is 185 Å². The van der Waals surface area contributed by atoms with Gasteiger partial charge in [0.25, 0.3) is 0 Å². The first kappa shape index (κ1) is 49.1. The molecule has 3 aromatic rings. The van der Waals surface area contributed by atoms with Crippen LogP contribution in [0.4, 0.5) is 0 Å². The maximum Gasteiger partial charge on any atom is 0.107 e. The van der Waals surface area contributed by atoms with Gasteiger partial charge in [0.1, 0.15) is 5.41 Å². The molecule has 3 rings (SSSR count). The van der Waals surface area contributed by atoms with Gasteiger partial charge in [-0.05, 0) is 177 Å². The lowest BCUT2D eigenvalue weighted by atomic mass is 9.64. The van der Waals surface area contributed by atoms with Crippen molar-refractivity contribution in [3.8, 4) is 107 Å². The van der Waals surface area contributed by atoms with Crippen molar-refractivity contribution in [1.82, 2.24) is 0 Å². The number of benzene rings is 3. The minimum atomic E-state index is -0.930. The van der Waals surface area contributed by atoms with Gasteiger partial charge < -0.3 is 0 Å². The Balaban J connectivity index is 2.64. The van der Waals surface area contributed by atoms with Crippen molar-refractivity contribution in [3.05, 3.63) is 105 Å². The maximum absolute atomic E-state index is 5.07. The molecule has 0 saturated heterocycles. The van der Waals surface area contributed by atoms with Crippen molar-refractivity contribution in [1.29, 1.82) is 0 Å². The second-order valence-corrected chi connectivity index (χ2v) is 21.8. The Morgan fingerprint density at radius 1 is 0.246 bits per heavy atom. The summed E-state index contributed by atoms with van der Waals surface area (Å²) in [4.78, 5) is 0. The quantitative estimate of drug-likeness (QED) is 0.183. The van der Waals surface area contributed by atoms with Gasteiger partial charge in [0.2, 0.25) is 0 Å². The fourth-order valence-corrected chi connectivity index (χ4v) is 6.41. The fraction of sp³-hybridized carbons (Fsp3) is 0.410. The van der Waals surface area contributed by atoms with Crippen LogP contribution in [-0.2, 0) is 37.9 Å². The molecule has 0 aromatic heterocycles. The first-order valence-electron chi connectivity index (χ1n) is 21.0. The summed E-state index contributed by atoms with van der Waals surface area (Å²) in [7, 11) is 0. The van der Waals surface area contributed by atoms with Crippen LogP contribution in [0.2, 0.25) is 0 Å². The summed E-state index contributed by atoms with van der Waals surface area (Å²) >= 11 is 0. The van der Waals surface area contributed by atoms with Crippen molar-refractivity contribution in [2.75, 3.05) is 0 Å². The zero-order valence-electron chi connectivity index (χ0n) is 40.3. The van der Waals surface area contributed by atoms with E-state index in [1.807, 2.05) is 0 Å². The molecule has 0 radical (unpaired) electrons. The molecule has 0 N–H and O–H groups in total. The van der Waals surface area contributed by atoms with Gasteiger partial charge in [-0.15, -0.1) is 6.42 Å². The van der Waals surface area contributed by atoms with Gasteiger partial charge in [-0.25, -0.2) is 0 Å². The van der Waals surface area contributed by atoms with Crippen LogP contribution in [0.25, 0.3) is 0 Å². The first-order valence-corrected chi connectivity index (χ1v) is 21.0. The van der Waals surface area contributed by atoms with Crippen LogP contribution in [0.15, 0.2) is 54.6 Å². The predicted octanol–water partition coefficient (Wildman–Crippen LogP) is 12.5. The van der Waals surface area contributed by atoms with E-state index in [1.54, 1.807) is 0 Å². The predicted molar refractivity (Wildman–Crippen MR) is 262 cm³/mol. The Morgan fingerprint density at radius 2 is 0.410 bits per heavy atom. The zero-order chi connectivity index (χ0) is 46.1. The lowest BCUT2D eigenvalue weighted by Crippen LogP contribution is -2.32.